The van der Waals surface area contributed by atoms with Gasteiger partial charge in [-0.3, -0.25) is 0 Å². The summed E-state index contributed by atoms with van der Waals surface area (Å²) in [5.74, 6) is 0. The van der Waals surface area contributed by atoms with E-state index in [1.165, 1.54) is 0 Å². The van der Waals surface area contributed by atoms with Gasteiger partial charge in [0.1, 0.15) is 6.17 Å². The number of halogens is 2. The average Bonchev–Trinajstić information content (AvgIpc) is 3.11. The van der Waals surface area contributed by atoms with Gasteiger partial charge in [0.15, 0.2) is 0 Å². The van der Waals surface area contributed by atoms with Crippen LogP contribution in [0.2, 0.25) is 0 Å². The Bertz CT molecular complexity index is 514. The molecule has 0 aromatic heterocycles. The number of benzene rings is 1. The normalized spacial score (nSPS) is 19.1. The molecule has 3 nitrogen and oxygen atoms in total. The van der Waals surface area contributed by atoms with Crippen LogP contribution in [-0.2, 0) is 20.4 Å². The van der Waals surface area contributed by atoms with E-state index in [9.17, 15) is 12.8 Å². The van der Waals surface area contributed by atoms with Gasteiger partial charge in [-0.25, -0.2) is 12.8 Å². The zero-order chi connectivity index (χ0) is 13.9. The van der Waals surface area contributed by atoms with E-state index in [2.05, 4.69) is 0 Å². The molecule has 0 spiro atoms. The Labute approximate surface area is 117 Å². The quantitative estimate of drug-likeness (QED) is 0.727. The van der Waals surface area contributed by atoms with E-state index in [-0.39, 0.29) is 13.0 Å². The van der Waals surface area contributed by atoms with E-state index in [1.807, 2.05) is 30.3 Å². The van der Waals surface area contributed by atoms with Gasteiger partial charge in [0.25, 0.3) is 0 Å². The SMILES string of the molecule is O=S(=O)(Cl)C1(C[C@@H](F)COCc2ccccc2)CC1. The lowest BCUT2D eigenvalue weighted by Gasteiger charge is -2.15. The minimum atomic E-state index is -3.69. The second-order valence-electron chi connectivity index (χ2n) is 4.92. The fourth-order valence-electron chi connectivity index (χ4n) is 2.03. The van der Waals surface area contributed by atoms with Crippen LogP contribution in [0, 0.1) is 0 Å². The van der Waals surface area contributed by atoms with Crippen molar-refractivity contribution in [1.82, 2.24) is 0 Å². The summed E-state index contributed by atoms with van der Waals surface area (Å²) < 4.78 is 40.5. The molecule has 0 aliphatic heterocycles. The van der Waals surface area contributed by atoms with Gasteiger partial charge in [-0.05, 0) is 18.4 Å². The minimum absolute atomic E-state index is 0.0758. The van der Waals surface area contributed by atoms with E-state index in [4.69, 9.17) is 15.4 Å². The van der Waals surface area contributed by atoms with Crippen LogP contribution in [0.25, 0.3) is 0 Å². The monoisotopic (exact) mass is 306 g/mol. The number of hydrogen-bond acceptors (Lipinski definition) is 3. The van der Waals surface area contributed by atoms with Crippen molar-refractivity contribution >= 4 is 19.7 Å². The van der Waals surface area contributed by atoms with Crippen LogP contribution in [0.1, 0.15) is 24.8 Å². The molecule has 0 amide bonds. The Morgan fingerprint density at radius 1 is 1.32 bits per heavy atom. The van der Waals surface area contributed by atoms with E-state index < -0.39 is 20.0 Å². The fraction of sp³-hybridized carbons (Fsp3) is 0.538. The number of rotatable bonds is 7. The molecule has 1 aromatic rings. The summed E-state index contributed by atoms with van der Waals surface area (Å²) in [6, 6.07) is 9.43. The predicted molar refractivity (Wildman–Crippen MR) is 72.3 cm³/mol. The molecule has 19 heavy (non-hydrogen) atoms. The average molecular weight is 307 g/mol. The maximum Gasteiger partial charge on any atom is 0.238 e. The third-order valence-corrected chi connectivity index (χ3v) is 5.92. The van der Waals surface area contributed by atoms with Gasteiger partial charge in [0.05, 0.1) is 18.0 Å². The molecule has 1 saturated carbocycles. The summed E-state index contributed by atoms with van der Waals surface area (Å²) in [4.78, 5) is 0. The molecule has 1 aliphatic rings. The zero-order valence-corrected chi connectivity index (χ0v) is 12.0. The predicted octanol–water partition coefficient (Wildman–Crippen LogP) is 3.03. The molecule has 1 aliphatic carbocycles. The first-order valence-electron chi connectivity index (χ1n) is 6.13. The maximum atomic E-state index is 13.7. The minimum Gasteiger partial charge on any atom is -0.374 e. The Kier molecular flexibility index (Phi) is 4.48. The van der Waals surface area contributed by atoms with Gasteiger partial charge in [-0.2, -0.15) is 0 Å². The molecule has 1 fully saturated rings. The van der Waals surface area contributed by atoms with Crippen LogP contribution in [0.4, 0.5) is 4.39 Å². The number of hydrogen-bond donors (Lipinski definition) is 0. The largest absolute Gasteiger partial charge is 0.374 e. The highest BCUT2D eigenvalue weighted by atomic mass is 35.7. The van der Waals surface area contributed by atoms with Gasteiger partial charge in [0.2, 0.25) is 9.05 Å². The Balaban J connectivity index is 1.75. The van der Waals surface area contributed by atoms with E-state index in [0.717, 1.165) is 5.56 Å². The summed E-state index contributed by atoms with van der Waals surface area (Å²) in [5.41, 5.74) is 0.959. The lowest BCUT2D eigenvalue weighted by molar-refractivity contribution is 0.0654. The van der Waals surface area contributed by atoms with Crippen LogP contribution >= 0.6 is 10.7 Å². The Morgan fingerprint density at radius 2 is 1.95 bits per heavy atom. The maximum absolute atomic E-state index is 13.7. The highest BCUT2D eigenvalue weighted by molar-refractivity contribution is 8.15. The third kappa shape index (κ3) is 3.91. The molecule has 1 aromatic carbocycles. The molecule has 0 unspecified atom stereocenters. The van der Waals surface area contributed by atoms with Gasteiger partial charge in [-0.15, -0.1) is 0 Å². The van der Waals surface area contributed by atoms with Crippen LogP contribution in [-0.4, -0.2) is 25.9 Å². The smallest absolute Gasteiger partial charge is 0.238 e. The third-order valence-electron chi connectivity index (χ3n) is 3.33. The summed E-state index contributed by atoms with van der Waals surface area (Å²) in [6.07, 6.45) is -0.497. The first-order valence-corrected chi connectivity index (χ1v) is 8.44. The van der Waals surface area contributed by atoms with Crippen LogP contribution in [0.3, 0.4) is 0 Å². The number of ether oxygens (including phenoxy) is 1. The molecule has 0 radical (unpaired) electrons. The molecule has 2 rings (SSSR count). The summed E-state index contributed by atoms with van der Waals surface area (Å²) in [7, 11) is 1.64. The standard InChI is InChI=1S/C13H16ClFO3S/c14-19(16,17)13(6-7-13)8-12(15)10-18-9-11-4-2-1-3-5-11/h1-5,12H,6-10H2/t12-/m1/s1. The van der Waals surface area contributed by atoms with Gasteiger partial charge in [0, 0.05) is 17.1 Å². The van der Waals surface area contributed by atoms with Crippen molar-refractivity contribution in [2.75, 3.05) is 6.61 Å². The fourth-order valence-corrected chi connectivity index (χ4v) is 3.65. The van der Waals surface area contributed by atoms with Crippen molar-refractivity contribution in [3.05, 3.63) is 35.9 Å². The highest BCUT2D eigenvalue weighted by Gasteiger charge is 2.54. The van der Waals surface area contributed by atoms with Crippen LogP contribution < -0.4 is 0 Å². The summed E-state index contributed by atoms with van der Waals surface area (Å²) in [6.45, 7) is 0.213. The Morgan fingerprint density at radius 3 is 2.47 bits per heavy atom. The van der Waals surface area contributed by atoms with Crippen molar-refractivity contribution in [2.24, 2.45) is 0 Å². The van der Waals surface area contributed by atoms with Crippen LogP contribution in [0.5, 0.6) is 0 Å². The molecule has 0 saturated heterocycles. The molecular formula is C13H16ClFO3S. The molecule has 106 valence electrons. The lowest BCUT2D eigenvalue weighted by Crippen LogP contribution is -2.25. The summed E-state index contributed by atoms with van der Waals surface area (Å²) in [5, 5.41) is 0. The topological polar surface area (TPSA) is 43.4 Å². The molecule has 1 atom stereocenters. The molecule has 0 bridgehead atoms. The van der Waals surface area contributed by atoms with Crippen molar-refractivity contribution in [1.29, 1.82) is 0 Å². The first kappa shape index (κ1) is 14.8. The van der Waals surface area contributed by atoms with Crippen molar-refractivity contribution in [3.63, 3.8) is 0 Å². The second kappa shape index (κ2) is 5.77. The van der Waals surface area contributed by atoms with Crippen molar-refractivity contribution in [3.8, 4) is 0 Å². The molecular weight excluding hydrogens is 291 g/mol. The van der Waals surface area contributed by atoms with E-state index >= 15 is 0 Å². The highest BCUT2D eigenvalue weighted by Crippen LogP contribution is 2.49. The van der Waals surface area contributed by atoms with Crippen LogP contribution in [0.15, 0.2) is 30.3 Å². The lowest BCUT2D eigenvalue weighted by atomic mass is 10.2. The van der Waals surface area contributed by atoms with Gasteiger partial charge in [-0.1, -0.05) is 30.3 Å². The Hall–Kier alpha value is -0.650. The first-order chi connectivity index (χ1) is 8.93. The summed E-state index contributed by atoms with van der Waals surface area (Å²) >= 11 is 0. The zero-order valence-electron chi connectivity index (χ0n) is 10.4. The molecule has 0 N–H and O–H groups in total. The van der Waals surface area contributed by atoms with Crippen molar-refractivity contribution < 1.29 is 17.5 Å². The van der Waals surface area contributed by atoms with Gasteiger partial charge < -0.3 is 4.74 Å². The van der Waals surface area contributed by atoms with E-state index in [1.54, 1.807) is 0 Å². The molecule has 0 heterocycles. The molecule has 6 heteroatoms. The van der Waals surface area contributed by atoms with E-state index in [0.29, 0.717) is 19.4 Å². The van der Waals surface area contributed by atoms with Gasteiger partial charge >= 0.3 is 0 Å². The number of alkyl halides is 1. The van der Waals surface area contributed by atoms with Crippen molar-refractivity contribution in [2.45, 2.75) is 36.8 Å². The second-order valence-corrected chi connectivity index (χ2v) is 7.88.